The van der Waals surface area contributed by atoms with Crippen LogP contribution in [0.1, 0.15) is 24.8 Å². The van der Waals surface area contributed by atoms with Crippen molar-refractivity contribution in [3.63, 3.8) is 0 Å². The van der Waals surface area contributed by atoms with E-state index in [1.54, 1.807) is 7.11 Å². The molecule has 0 spiro atoms. The van der Waals surface area contributed by atoms with Crippen LogP contribution in [0.25, 0.3) is 0 Å². The van der Waals surface area contributed by atoms with Gasteiger partial charge in [0.25, 0.3) is 0 Å². The molecular formula is C16H23N3O2. The summed E-state index contributed by atoms with van der Waals surface area (Å²) in [7, 11) is 1.63. The first-order valence-corrected chi connectivity index (χ1v) is 7.68. The van der Waals surface area contributed by atoms with Crippen molar-refractivity contribution in [2.45, 2.75) is 25.7 Å². The van der Waals surface area contributed by atoms with E-state index in [9.17, 15) is 4.79 Å². The van der Waals surface area contributed by atoms with Gasteiger partial charge >= 0.3 is 0 Å². The normalized spacial score (nSPS) is 17.8. The molecule has 1 fully saturated rings. The maximum absolute atomic E-state index is 12.4. The van der Waals surface area contributed by atoms with Gasteiger partial charge in [-0.05, 0) is 43.4 Å². The molecule has 114 valence electrons. The Morgan fingerprint density at radius 1 is 1.24 bits per heavy atom. The second-order valence-corrected chi connectivity index (χ2v) is 5.84. The number of amides is 1. The third-order valence-electron chi connectivity index (χ3n) is 4.43. The van der Waals surface area contributed by atoms with Gasteiger partial charge in [-0.1, -0.05) is 0 Å². The maximum Gasteiger partial charge on any atom is 0.242 e. The van der Waals surface area contributed by atoms with Crippen LogP contribution in [0, 0.1) is 0 Å². The predicted molar refractivity (Wildman–Crippen MR) is 83.8 cm³/mol. The minimum atomic E-state index is 0.231. The second-order valence-electron chi connectivity index (χ2n) is 5.84. The molecule has 21 heavy (non-hydrogen) atoms. The number of carbonyl (C=O) groups is 1. The van der Waals surface area contributed by atoms with Gasteiger partial charge in [-0.25, -0.2) is 0 Å². The molecule has 5 heteroatoms. The van der Waals surface area contributed by atoms with Gasteiger partial charge in [0.1, 0.15) is 5.75 Å². The number of aryl methyl sites for hydroxylation is 1. The molecule has 2 aliphatic rings. The summed E-state index contributed by atoms with van der Waals surface area (Å²) in [5, 5.41) is 0. The number of hydrogen-bond acceptors (Lipinski definition) is 4. The van der Waals surface area contributed by atoms with Crippen LogP contribution >= 0.6 is 0 Å². The highest BCUT2D eigenvalue weighted by molar-refractivity contribution is 5.83. The van der Waals surface area contributed by atoms with Crippen molar-refractivity contribution in [2.75, 3.05) is 43.9 Å². The number of nitrogens with zero attached hydrogens (tertiary/aromatic N) is 2. The minimum Gasteiger partial charge on any atom is -0.495 e. The molecule has 1 aromatic carbocycles. The van der Waals surface area contributed by atoms with Crippen LogP contribution in [0.5, 0.6) is 5.75 Å². The molecule has 0 saturated carbocycles. The summed E-state index contributed by atoms with van der Waals surface area (Å²) in [6.07, 6.45) is 4.34. The molecule has 1 aromatic rings. The number of carbonyl (C=O) groups excluding carboxylic acids is 1. The highest BCUT2D eigenvalue weighted by Gasteiger charge is 2.24. The predicted octanol–water partition coefficient (Wildman–Crippen LogP) is 1.65. The van der Waals surface area contributed by atoms with Crippen LogP contribution in [-0.4, -0.2) is 44.1 Å². The zero-order chi connectivity index (χ0) is 14.8. The minimum absolute atomic E-state index is 0.231. The Balaban J connectivity index is 1.79. The maximum atomic E-state index is 12.4. The Kier molecular flexibility index (Phi) is 3.90. The average Bonchev–Trinajstić information content (AvgIpc) is 3.01. The molecule has 0 aromatic heterocycles. The number of anilines is 2. The van der Waals surface area contributed by atoms with Crippen molar-refractivity contribution >= 4 is 17.3 Å². The molecule has 0 unspecified atom stereocenters. The lowest BCUT2D eigenvalue weighted by atomic mass is 10.0. The first-order valence-electron chi connectivity index (χ1n) is 7.68. The number of fused-ring (bicyclic) bond motifs is 1. The molecule has 3 rings (SSSR count). The van der Waals surface area contributed by atoms with Crippen LogP contribution in [0.2, 0.25) is 0 Å². The SMILES string of the molecule is COc1cc2c(cc1N)N(CC(=O)N1CCCC1)CCC2. The van der Waals surface area contributed by atoms with Crippen molar-refractivity contribution in [3.8, 4) is 5.75 Å². The third-order valence-corrected chi connectivity index (χ3v) is 4.43. The van der Waals surface area contributed by atoms with Crippen molar-refractivity contribution in [1.82, 2.24) is 4.90 Å². The van der Waals surface area contributed by atoms with Gasteiger partial charge in [0.2, 0.25) is 5.91 Å². The molecule has 2 aliphatic heterocycles. The Morgan fingerprint density at radius 3 is 2.71 bits per heavy atom. The van der Waals surface area contributed by atoms with E-state index >= 15 is 0 Å². The molecule has 1 amide bonds. The van der Waals surface area contributed by atoms with Gasteiger partial charge in [-0.2, -0.15) is 0 Å². The zero-order valence-electron chi connectivity index (χ0n) is 12.6. The summed E-state index contributed by atoms with van der Waals surface area (Å²) in [6.45, 7) is 3.19. The lowest BCUT2D eigenvalue weighted by Gasteiger charge is -2.32. The highest BCUT2D eigenvalue weighted by atomic mass is 16.5. The number of likely N-dealkylation sites (tertiary alicyclic amines) is 1. The van der Waals surface area contributed by atoms with E-state index in [0.29, 0.717) is 12.2 Å². The van der Waals surface area contributed by atoms with Gasteiger partial charge in [0.15, 0.2) is 0 Å². The van der Waals surface area contributed by atoms with E-state index in [4.69, 9.17) is 10.5 Å². The Hall–Kier alpha value is -1.91. The first-order chi connectivity index (χ1) is 10.2. The fourth-order valence-corrected chi connectivity index (χ4v) is 3.27. The van der Waals surface area contributed by atoms with E-state index in [2.05, 4.69) is 4.90 Å². The van der Waals surface area contributed by atoms with Gasteiger partial charge < -0.3 is 20.3 Å². The third kappa shape index (κ3) is 2.77. The van der Waals surface area contributed by atoms with E-state index in [1.807, 2.05) is 17.0 Å². The lowest BCUT2D eigenvalue weighted by molar-refractivity contribution is -0.128. The van der Waals surface area contributed by atoms with Crippen molar-refractivity contribution in [3.05, 3.63) is 17.7 Å². The summed E-state index contributed by atoms with van der Waals surface area (Å²) in [5.41, 5.74) is 8.97. The molecule has 1 saturated heterocycles. The molecule has 0 bridgehead atoms. The molecule has 5 nitrogen and oxygen atoms in total. The van der Waals surface area contributed by atoms with Crippen LogP contribution in [0.15, 0.2) is 12.1 Å². The summed E-state index contributed by atoms with van der Waals surface area (Å²) < 4.78 is 5.29. The topological polar surface area (TPSA) is 58.8 Å². The Morgan fingerprint density at radius 2 is 2.00 bits per heavy atom. The van der Waals surface area contributed by atoms with Gasteiger partial charge in [0, 0.05) is 25.3 Å². The lowest BCUT2D eigenvalue weighted by Crippen LogP contribution is -2.41. The van der Waals surface area contributed by atoms with E-state index in [0.717, 1.165) is 56.8 Å². The number of ether oxygens (including phenoxy) is 1. The number of nitrogen functional groups attached to an aromatic ring is 1. The molecule has 0 atom stereocenters. The number of nitrogens with two attached hydrogens (primary N) is 1. The summed E-state index contributed by atoms with van der Waals surface area (Å²) in [4.78, 5) is 16.5. The zero-order valence-corrected chi connectivity index (χ0v) is 12.6. The highest BCUT2D eigenvalue weighted by Crippen LogP contribution is 2.35. The van der Waals surface area contributed by atoms with Crippen molar-refractivity contribution < 1.29 is 9.53 Å². The fraction of sp³-hybridized carbons (Fsp3) is 0.562. The number of rotatable bonds is 3. The molecule has 2 N–H and O–H groups in total. The average molecular weight is 289 g/mol. The van der Waals surface area contributed by atoms with E-state index < -0.39 is 0 Å². The first kappa shape index (κ1) is 14.0. The fourth-order valence-electron chi connectivity index (χ4n) is 3.27. The number of benzene rings is 1. The van der Waals surface area contributed by atoms with Crippen molar-refractivity contribution in [1.29, 1.82) is 0 Å². The van der Waals surface area contributed by atoms with E-state index in [-0.39, 0.29) is 5.91 Å². The smallest absolute Gasteiger partial charge is 0.242 e. The van der Waals surface area contributed by atoms with Crippen LogP contribution < -0.4 is 15.4 Å². The van der Waals surface area contributed by atoms with Crippen LogP contribution in [-0.2, 0) is 11.2 Å². The Labute approximate surface area is 125 Å². The van der Waals surface area contributed by atoms with Crippen LogP contribution in [0.4, 0.5) is 11.4 Å². The summed E-state index contributed by atoms with van der Waals surface area (Å²) >= 11 is 0. The second kappa shape index (κ2) is 5.84. The van der Waals surface area contributed by atoms with Crippen LogP contribution in [0.3, 0.4) is 0 Å². The summed E-state index contributed by atoms with van der Waals surface area (Å²) in [6, 6.07) is 3.96. The van der Waals surface area contributed by atoms with Crippen molar-refractivity contribution in [2.24, 2.45) is 0 Å². The molecule has 2 heterocycles. The van der Waals surface area contributed by atoms with E-state index in [1.165, 1.54) is 5.56 Å². The molecule has 0 aliphatic carbocycles. The van der Waals surface area contributed by atoms with Gasteiger partial charge in [-0.3, -0.25) is 4.79 Å². The van der Waals surface area contributed by atoms with Gasteiger partial charge in [0.05, 0.1) is 19.3 Å². The standard InChI is InChI=1S/C16H23N3O2/c1-21-15-9-12-5-4-8-19(14(12)10-13(15)17)11-16(20)18-6-2-3-7-18/h9-10H,2-8,11,17H2,1H3. The molecular weight excluding hydrogens is 266 g/mol. The largest absolute Gasteiger partial charge is 0.495 e. The summed E-state index contributed by atoms with van der Waals surface area (Å²) in [5.74, 6) is 0.955. The Bertz CT molecular complexity index is 539. The molecule has 0 radical (unpaired) electrons. The quantitative estimate of drug-likeness (QED) is 0.860. The number of hydrogen-bond donors (Lipinski definition) is 1. The monoisotopic (exact) mass is 289 g/mol. The van der Waals surface area contributed by atoms with Gasteiger partial charge in [-0.15, -0.1) is 0 Å². The number of methoxy groups -OCH3 is 1.